The number of hydrogen-bond donors (Lipinski definition) is 2. The first kappa shape index (κ1) is 19.4. The number of fused-ring (bicyclic) bond motifs is 1. The van der Waals surface area contributed by atoms with Crippen LogP contribution in [0.25, 0.3) is 10.9 Å². The minimum atomic E-state index is -0.899. The Hall–Kier alpha value is -3.58. The molecule has 2 heterocycles. The van der Waals surface area contributed by atoms with Crippen LogP contribution < -0.4 is 0 Å². The van der Waals surface area contributed by atoms with E-state index in [1.165, 1.54) is 29.5 Å². The van der Waals surface area contributed by atoms with Gasteiger partial charge < -0.3 is 10.1 Å². The fourth-order valence-electron chi connectivity index (χ4n) is 4.69. The van der Waals surface area contributed by atoms with Crippen LogP contribution in [-0.2, 0) is 6.54 Å². The van der Waals surface area contributed by atoms with Crippen LogP contribution >= 0.6 is 0 Å². The average molecular weight is 410 g/mol. The third-order valence-electron chi connectivity index (χ3n) is 6.55. The third-order valence-corrected chi connectivity index (χ3v) is 6.55. The third kappa shape index (κ3) is 3.57. The molecule has 4 nitrogen and oxygen atoms in total. The summed E-state index contributed by atoms with van der Waals surface area (Å²) in [6, 6.07) is 11.5. The van der Waals surface area contributed by atoms with Crippen LogP contribution in [0.2, 0.25) is 0 Å². The maximum atomic E-state index is 11.3. The standard InChI is InChI=1S/C27H24N2O2/c1-3-18-14-17(2)26-23(10-12-28-26)24(18)16-29-13-11-22(19-4-5-19)15-25(29)20-6-8-21(9-7-20)27(30)31/h1,6-12,14,19,28H,4-5,13,15-16H2,2H3/p+1. The summed E-state index contributed by atoms with van der Waals surface area (Å²) in [5.41, 5.74) is 8.53. The van der Waals surface area contributed by atoms with E-state index in [0.717, 1.165) is 47.3 Å². The van der Waals surface area contributed by atoms with E-state index >= 15 is 0 Å². The van der Waals surface area contributed by atoms with Gasteiger partial charge in [-0.3, -0.25) is 0 Å². The lowest BCUT2D eigenvalue weighted by atomic mass is 9.94. The zero-order valence-corrected chi connectivity index (χ0v) is 17.6. The number of allylic oxidation sites excluding steroid dienone is 1. The zero-order valence-electron chi connectivity index (χ0n) is 17.6. The zero-order chi connectivity index (χ0) is 21.5. The van der Waals surface area contributed by atoms with Gasteiger partial charge in [-0.1, -0.05) is 11.5 Å². The van der Waals surface area contributed by atoms with Gasteiger partial charge in [0.15, 0.2) is 18.8 Å². The number of benzene rings is 2. The topological polar surface area (TPSA) is 56.1 Å². The van der Waals surface area contributed by atoms with Crippen LogP contribution in [0.1, 0.15) is 51.9 Å². The summed E-state index contributed by atoms with van der Waals surface area (Å²) in [4.78, 5) is 14.6. The Morgan fingerprint density at radius 3 is 2.71 bits per heavy atom. The molecule has 1 aromatic heterocycles. The molecule has 1 saturated carbocycles. The van der Waals surface area contributed by atoms with Crippen LogP contribution in [0, 0.1) is 25.2 Å². The summed E-state index contributed by atoms with van der Waals surface area (Å²) < 4.78 is 2.39. The average Bonchev–Trinajstić information content (AvgIpc) is 3.51. The molecule has 0 amide bonds. The molecular weight excluding hydrogens is 384 g/mol. The Kier molecular flexibility index (Phi) is 4.75. The molecule has 154 valence electrons. The van der Waals surface area contributed by atoms with Gasteiger partial charge in [-0.15, -0.1) is 6.42 Å². The molecule has 1 fully saturated rings. The van der Waals surface area contributed by atoms with Crippen LogP contribution in [-0.4, -0.2) is 32.9 Å². The smallest absolute Gasteiger partial charge is 0.335 e. The molecule has 0 atom stereocenters. The molecule has 5 rings (SSSR count). The van der Waals surface area contributed by atoms with Crippen molar-refractivity contribution in [3.63, 3.8) is 0 Å². The van der Waals surface area contributed by atoms with Gasteiger partial charge in [0.2, 0.25) is 0 Å². The number of nitrogens with zero attached hydrogens (tertiary/aromatic N) is 1. The monoisotopic (exact) mass is 409 g/mol. The number of aromatic nitrogens is 1. The molecule has 0 spiro atoms. The molecule has 0 unspecified atom stereocenters. The second-order valence-electron chi connectivity index (χ2n) is 8.57. The Bertz CT molecular complexity index is 1300. The van der Waals surface area contributed by atoms with E-state index in [2.05, 4.69) is 40.6 Å². The lowest BCUT2D eigenvalue weighted by Gasteiger charge is -2.18. The highest BCUT2D eigenvalue weighted by Gasteiger charge is 2.32. The number of H-pyrrole nitrogens is 1. The van der Waals surface area contributed by atoms with Gasteiger partial charge in [0, 0.05) is 33.8 Å². The number of aryl methyl sites for hydroxylation is 1. The van der Waals surface area contributed by atoms with Gasteiger partial charge in [0.1, 0.15) is 0 Å². The van der Waals surface area contributed by atoms with Gasteiger partial charge in [0.25, 0.3) is 0 Å². The number of rotatable bonds is 5. The molecule has 4 heteroatoms. The van der Waals surface area contributed by atoms with Crippen molar-refractivity contribution in [1.29, 1.82) is 0 Å². The molecule has 2 N–H and O–H groups in total. The number of aromatic carboxylic acids is 1. The van der Waals surface area contributed by atoms with Crippen LogP contribution in [0.5, 0.6) is 0 Å². The highest BCUT2D eigenvalue weighted by Crippen LogP contribution is 2.39. The summed E-state index contributed by atoms with van der Waals surface area (Å²) >= 11 is 0. The first-order valence-electron chi connectivity index (χ1n) is 10.7. The quantitative estimate of drug-likeness (QED) is 0.358. The molecule has 0 bridgehead atoms. The number of hydrogen-bond acceptors (Lipinski definition) is 1. The summed E-state index contributed by atoms with van der Waals surface area (Å²) in [6.07, 6.45) is 13.7. The van der Waals surface area contributed by atoms with E-state index in [-0.39, 0.29) is 0 Å². The van der Waals surface area contributed by atoms with Crippen molar-refractivity contribution in [1.82, 2.24) is 4.98 Å². The van der Waals surface area contributed by atoms with Crippen molar-refractivity contribution in [2.24, 2.45) is 5.92 Å². The maximum Gasteiger partial charge on any atom is 0.335 e. The molecule has 2 aromatic carbocycles. The Labute approximate surface area is 181 Å². The summed E-state index contributed by atoms with van der Waals surface area (Å²) in [7, 11) is 0. The fraction of sp³-hybridized carbons (Fsp3) is 0.259. The maximum absolute atomic E-state index is 11.3. The second kappa shape index (κ2) is 7.59. The van der Waals surface area contributed by atoms with Crippen molar-refractivity contribution in [3.8, 4) is 12.3 Å². The minimum absolute atomic E-state index is 0.312. The van der Waals surface area contributed by atoms with Gasteiger partial charge in [-0.05, 0) is 73.7 Å². The van der Waals surface area contributed by atoms with Gasteiger partial charge in [0.05, 0.1) is 12.0 Å². The highest BCUT2D eigenvalue weighted by atomic mass is 16.4. The lowest BCUT2D eigenvalue weighted by molar-refractivity contribution is -0.535. The van der Waals surface area contributed by atoms with Gasteiger partial charge >= 0.3 is 5.97 Å². The largest absolute Gasteiger partial charge is 0.478 e. The van der Waals surface area contributed by atoms with E-state index in [0.29, 0.717) is 11.5 Å². The van der Waals surface area contributed by atoms with E-state index < -0.39 is 5.97 Å². The predicted molar refractivity (Wildman–Crippen MR) is 123 cm³/mol. The molecule has 0 radical (unpaired) electrons. The molecule has 1 aliphatic carbocycles. The Morgan fingerprint density at radius 2 is 2.03 bits per heavy atom. The molecule has 2 aliphatic rings. The van der Waals surface area contributed by atoms with Crippen molar-refractivity contribution < 1.29 is 14.5 Å². The number of terminal acetylenes is 1. The van der Waals surface area contributed by atoms with Crippen LogP contribution in [0.3, 0.4) is 0 Å². The first-order chi connectivity index (χ1) is 15.0. The predicted octanol–water partition coefficient (Wildman–Crippen LogP) is 4.90. The minimum Gasteiger partial charge on any atom is -0.478 e. The second-order valence-corrected chi connectivity index (χ2v) is 8.57. The number of aromatic amines is 1. The van der Waals surface area contributed by atoms with E-state index in [9.17, 15) is 9.90 Å². The summed E-state index contributed by atoms with van der Waals surface area (Å²) in [5.74, 6) is 2.70. The Morgan fingerprint density at radius 1 is 1.26 bits per heavy atom. The molecule has 31 heavy (non-hydrogen) atoms. The number of nitrogens with one attached hydrogen (secondary N) is 1. The van der Waals surface area contributed by atoms with Crippen LogP contribution in [0.15, 0.2) is 54.2 Å². The van der Waals surface area contributed by atoms with Crippen molar-refractivity contribution in [3.05, 3.63) is 82.1 Å². The van der Waals surface area contributed by atoms with Crippen molar-refractivity contribution in [2.45, 2.75) is 32.7 Å². The SMILES string of the molecule is C#Cc1cc(C)c2[nH]ccc2c1C[N+]1=C(c2ccc(C(=O)O)cc2)CC(C2CC2)=CC1. The summed E-state index contributed by atoms with van der Waals surface area (Å²) in [5, 5.41) is 10.4. The van der Waals surface area contributed by atoms with E-state index in [1.807, 2.05) is 18.3 Å². The fourth-order valence-corrected chi connectivity index (χ4v) is 4.69. The van der Waals surface area contributed by atoms with Gasteiger partial charge in [-0.25, -0.2) is 9.37 Å². The van der Waals surface area contributed by atoms with Crippen molar-refractivity contribution in [2.75, 3.05) is 6.54 Å². The first-order valence-corrected chi connectivity index (χ1v) is 10.7. The molecule has 1 aliphatic heterocycles. The number of carboxylic acids is 1. The van der Waals surface area contributed by atoms with Crippen LogP contribution in [0.4, 0.5) is 0 Å². The Balaban J connectivity index is 1.59. The molecule has 3 aromatic rings. The van der Waals surface area contributed by atoms with E-state index in [1.54, 1.807) is 12.1 Å². The van der Waals surface area contributed by atoms with E-state index in [4.69, 9.17) is 6.42 Å². The normalized spacial score (nSPS) is 16.3. The van der Waals surface area contributed by atoms with Crippen molar-refractivity contribution >= 4 is 22.6 Å². The van der Waals surface area contributed by atoms with Gasteiger partial charge in [-0.2, -0.15) is 0 Å². The molecular formula is C27H25N2O2+. The summed E-state index contributed by atoms with van der Waals surface area (Å²) in [6.45, 7) is 3.64. The lowest BCUT2D eigenvalue weighted by Crippen LogP contribution is -2.27. The highest BCUT2D eigenvalue weighted by molar-refractivity contribution is 6.00. The number of carbonyl (C=O) groups is 1. The number of carboxylic acid groups (broad SMARTS) is 1. The molecule has 0 saturated heterocycles.